The van der Waals surface area contributed by atoms with Crippen molar-refractivity contribution < 1.29 is 14.3 Å². The topological polar surface area (TPSA) is 73.2 Å². The van der Waals surface area contributed by atoms with Crippen molar-refractivity contribution in [3.63, 3.8) is 0 Å². The zero-order valence-corrected chi connectivity index (χ0v) is 14.5. The van der Waals surface area contributed by atoms with E-state index >= 15 is 0 Å². The Morgan fingerprint density at radius 2 is 1.88 bits per heavy atom. The normalized spacial score (nSPS) is 11.2. The zero-order valence-electron chi connectivity index (χ0n) is 14.5. The lowest BCUT2D eigenvalue weighted by atomic mass is 10.2. The van der Waals surface area contributed by atoms with Crippen LogP contribution < -0.4 is 5.43 Å². The molecule has 2 aromatic rings. The second kappa shape index (κ2) is 7.29. The van der Waals surface area contributed by atoms with Crippen LogP contribution in [0.15, 0.2) is 36.4 Å². The van der Waals surface area contributed by atoms with Crippen molar-refractivity contribution >= 4 is 11.9 Å². The Bertz CT molecular complexity index is 715. The molecule has 1 N–H and O–H groups in total. The van der Waals surface area contributed by atoms with Crippen LogP contribution in [0.25, 0.3) is 0 Å². The van der Waals surface area contributed by atoms with Crippen molar-refractivity contribution in [3.05, 3.63) is 53.3 Å². The molecule has 6 nitrogen and oxygen atoms in total. The van der Waals surface area contributed by atoms with E-state index < -0.39 is 5.60 Å². The van der Waals surface area contributed by atoms with Crippen molar-refractivity contribution in [1.29, 1.82) is 0 Å². The Kier molecular flexibility index (Phi) is 5.39. The summed E-state index contributed by atoms with van der Waals surface area (Å²) >= 11 is 0. The van der Waals surface area contributed by atoms with Crippen LogP contribution in [-0.2, 0) is 16.0 Å². The average molecular weight is 329 g/mol. The Hall–Kier alpha value is -2.63. The number of hydrogen-bond acceptors (Lipinski definition) is 4. The Balaban J connectivity index is 2.02. The van der Waals surface area contributed by atoms with Gasteiger partial charge in [-0.15, -0.1) is 0 Å². The smallest absolute Gasteiger partial charge is 0.306 e. The van der Waals surface area contributed by atoms with Crippen LogP contribution in [-0.4, -0.2) is 27.4 Å². The molecule has 0 radical (unpaired) electrons. The molecule has 1 aromatic carbocycles. The van der Waals surface area contributed by atoms with Crippen LogP contribution in [0.1, 0.15) is 48.9 Å². The highest BCUT2D eigenvalue weighted by Crippen LogP contribution is 2.11. The molecular formula is C18H23N3O3. The van der Waals surface area contributed by atoms with Crippen LogP contribution in [0.5, 0.6) is 0 Å². The molecule has 0 aliphatic rings. The number of aryl methyl sites for hydroxylation is 2. The van der Waals surface area contributed by atoms with Crippen molar-refractivity contribution in [2.75, 3.05) is 5.43 Å². The SMILES string of the molecule is Cc1cc(CCC(=O)OC(C)(C)C)n(NC(=O)c2ccccc2)n1. The molecule has 1 amide bonds. The monoisotopic (exact) mass is 329 g/mol. The minimum Gasteiger partial charge on any atom is -0.460 e. The lowest BCUT2D eigenvalue weighted by Gasteiger charge is -2.19. The summed E-state index contributed by atoms with van der Waals surface area (Å²) in [6.07, 6.45) is 0.661. The Labute approximate surface area is 141 Å². The summed E-state index contributed by atoms with van der Waals surface area (Å²) < 4.78 is 5.30. The number of nitrogens with zero attached hydrogens (tertiary/aromatic N) is 2. The third-order valence-electron chi connectivity index (χ3n) is 3.15. The molecule has 0 bridgehead atoms. The second-order valence-electron chi connectivity index (χ2n) is 6.58. The number of carbonyl (C=O) groups is 2. The van der Waals surface area contributed by atoms with E-state index in [1.807, 2.05) is 39.8 Å². The first-order valence-corrected chi connectivity index (χ1v) is 7.88. The first-order chi connectivity index (χ1) is 11.2. The first kappa shape index (κ1) is 17.7. The number of benzene rings is 1. The third-order valence-corrected chi connectivity index (χ3v) is 3.15. The highest BCUT2D eigenvalue weighted by atomic mass is 16.6. The number of hydrogen-bond donors (Lipinski definition) is 1. The fraction of sp³-hybridized carbons (Fsp3) is 0.389. The van der Waals surface area contributed by atoms with E-state index in [0.29, 0.717) is 12.0 Å². The third kappa shape index (κ3) is 5.22. The van der Waals surface area contributed by atoms with E-state index in [1.54, 1.807) is 24.3 Å². The fourth-order valence-electron chi connectivity index (χ4n) is 2.20. The van der Waals surface area contributed by atoms with Gasteiger partial charge in [-0.25, -0.2) is 5.43 Å². The van der Waals surface area contributed by atoms with Gasteiger partial charge >= 0.3 is 5.97 Å². The second-order valence-corrected chi connectivity index (χ2v) is 6.58. The van der Waals surface area contributed by atoms with Crippen LogP contribution >= 0.6 is 0 Å². The first-order valence-electron chi connectivity index (χ1n) is 7.88. The van der Waals surface area contributed by atoms with Gasteiger partial charge in [0.25, 0.3) is 5.91 Å². The molecule has 0 aliphatic heterocycles. The number of ether oxygens (including phenoxy) is 1. The van der Waals surface area contributed by atoms with Gasteiger partial charge in [-0.2, -0.15) is 9.89 Å². The quantitative estimate of drug-likeness (QED) is 0.856. The standard InChI is InChI=1S/C18H23N3O3/c1-13-12-15(10-11-16(22)24-18(2,3)4)21(19-13)20-17(23)14-8-6-5-7-9-14/h5-9,12H,10-11H2,1-4H3,(H,20,23). The minimum absolute atomic E-state index is 0.226. The van der Waals surface area contributed by atoms with E-state index in [-0.39, 0.29) is 18.3 Å². The van der Waals surface area contributed by atoms with Gasteiger partial charge in [0.1, 0.15) is 5.60 Å². The number of aromatic nitrogens is 2. The lowest BCUT2D eigenvalue weighted by Crippen LogP contribution is -2.27. The van der Waals surface area contributed by atoms with Gasteiger partial charge in [-0.05, 0) is 45.9 Å². The van der Waals surface area contributed by atoms with Crippen molar-refractivity contribution in [1.82, 2.24) is 9.89 Å². The van der Waals surface area contributed by atoms with Crippen LogP contribution in [0.3, 0.4) is 0 Å². The van der Waals surface area contributed by atoms with Crippen LogP contribution in [0.4, 0.5) is 0 Å². The van der Waals surface area contributed by atoms with Gasteiger partial charge in [0.15, 0.2) is 0 Å². The van der Waals surface area contributed by atoms with Gasteiger partial charge in [0.2, 0.25) is 0 Å². The van der Waals surface area contributed by atoms with Gasteiger partial charge in [0.05, 0.1) is 17.8 Å². The Morgan fingerprint density at radius 3 is 2.50 bits per heavy atom. The molecule has 1 heterocycles. The van der Waals surface area contributed by atoms with Crippen LogP contribution in [0.2, 0.25) is 0 Å². The maximum atomic E-state index is 12.2. The highest BCUT2D eigenvalue weighted by Gasteiger charge is 2.17. The summed E-state index contributed by atoms with van der Waals surface area (Å²) in [6.45, 7) is 7.33. The minimum atomic E-state index is -0.505. The van der Waals surface area contributed by atoms with E-state index in [4.69, 9.17) is 4.74 Å². The molecular weight excluding hydrogens is 306 g/mol. The molecule has 24 heavy (non-hydrogen) atoms. The average Bonchev–Trinajstić information content (AvgIpc) is 2.84. The molecule has 0 unspecified atom stereocenters. The summed E-state index contributed by atoms with van der Waals surface area (Å²) in [5, 5.41) is 4.26. The number of nitrogens with one attached hydrogen (secondary N) is 1. The van der Waals surface area contributed by atoms with Gasteiger partial charge in [-0.1, -0.05) is 18.2 Å². The predicted molar refractivity (Wildman–Crippen MR) is 91.3 cm³/mol. The molecule has 0 spiro atoms. The predicted octanol–water partition coefficient (Wildman–Crippen LogP) is 2.85. The van der Waals surface area contributed by atoms with Crippen molar-refractivity contribution in [3.8, 4) is 0 Å². The molecule has 0 atom stereocenters. The number of carbonyl (C=O) groups excluding carboxylic acids is 2. The Morgan fingerprint density at radius 1 is 1.21 bits per heavy atom. The van der Waals surface area contributed by atoms with E-state index in [1.165, 1.54) is 4.79 Å². The van der Waals surface area contributed by atoms with E-state index in [2.05, 4.69) is 10.5 Å². The molecule has 0 saturated carbocycles. The maximum Gasteiger partial charge on any atom is 0.306 e. The summed E-state index contributed by atoms with van der Waals surface area (Å²) in [6, 6.07) is 10.7. The van der Waals surface area contributed by atoms with Gasteiger partial charge in [-0.3, -0.25) is 9.59 Å². The lowest BCUT2D eigenvalue weighted by molar-refractivity contribution is -0.154. The molecule has 128 valence electrons. The molecule has 2 rings (SSSR count). The van der Waals surface area contributed by atoms with Crippen molar-refractivity contribution in [2.24, 2.45) is 0 Å². The fourth-order valence-corrected chi connectivity index (χ4v) is 2.20. The van der Waals surface area contributed by atoms with E-state index in [9.17, 15) is 9.59 Å². The highest BCUT2D eigenvalue weighted by molar-refractivity contribution is 5.99. The van der Waals surface area contributed by atoms with Gasteiger partial charge in [0, 0.05) is 12.0 Å². The van der Waals surface area contributed by atoms with Gasteiger partial charge < -0.3 is 4.74 Å². The van der Waals surface area contributed by atoms with Crippen molar-refractivity contribution in [2.45, 2.75) is 46.1 Å². The molecule has 6 heteroatoms. The number of rotatable bonds is 5. The zero-order chi connectivity index (χ0) is 17.7. The molecule has 0 fully saturated rings. The summed E-state index contributed by atoms with van der Waals surface area (Å²) in [5.41, 5.74) is 4.29. The summed E-state index contributed by atoms with van der Waals surface area (Å²) in [5.74, 6) is -0.528. The maximum absolute atomic E-state index is 12.2. The summed E-state index contributed by atoms with van der Waals surface area (Å²) in [4.78, 5) is 25.5. The molecule has 0 saturated heterocycles. The summed E-state index contributed by atoms with van der Waals surface area (Å²) in [7, 11) is 0. The molecule has 1 aromatic heterocycles. The van der Waals surface area contributed by atoms with Crippen LogP contribution in [0, 0.1) is 6.92 Å². The van der Waals surface area contributed by atoms with E-state index in [0.717, 1.165) is 11.4 Å². The molecule has 0 aliphatic carbocycles. The largest absolute Gasteiger partial charge is 0.460 e. The number of amides is 1. The number of esters is 1.